The number of hydrogen-bond acceptors (Lipinski definition) is 4. The quantitative estimate of drug-likeness (QED) is 0.766. The lowest BCUT2D eigenvalue weighted by Gasteiger charge is -2.16. The van der Waals surface area contributed by atoms with Crippen molar-refractivity contribution in [2.45, 2.75) is 6.42 Å². The molecule has 2 N–H and O–H groups in total. The minimum absolute atomic E-state index is 0.0579. The topological polar surface area (TPSA) is 91.0 Å². The number of rotatable bonds is 3. The van der Waals surface area contributed by atoms with Gasteiger partial charge in [0.25, 0.3) is 5.91 Å². The van der Waals surface area contributed by atoms with Crippen molar-refractivity contribution < 1.29 is 9.59 Å². The number of H-pyrrole nitrogens is 1. The van der Waals surface area contributed by atoms with Crippen LogP contribution in [0.15, 0.2) is 48.9 Å². The van der Waals surface area contributed by atoms with Gasteiger partial charge in [-0.3, -0.25) is 19.7 Å². The molecule has 4 rings (SSSR count). The Morgan fingerprint density at radius 3 is 2.88 bits per heavy atom. The van der Waals surface area contributed by atoms with Gasteiger partial charge < -0.3 is 10.2 Å². The van der Waals surface area contributed by atoms with Gasteiger partial charge in [-0.15, -0.1) is 0 Å². The zero-order valence-corrected chi connectivity index (χ0v) is 13.5. The molecule has 0 saturated carbocycles. The summed E-state index contributed by atoms with van der Waals surface area (Å²) in [6, 6.07) is 8.98. The Bertz CT molecular complexity index is 921. The van der Waals surface area contributed by atoms with Crippen LogP contribution in [0.25, 0.3) is 10.9 Å². The molecular formula is C18H17N5O2. The number of amides is 2. The number of carbonyl (C=O) groups excluding carboxylic acids is 2. The van der Waals surface area contributed by atoms with Gasteiger partial charge in [-0.2, -0.15) is 5.10 Å². The number of hydrogen-bond donors (Lipinski definition) is 2. The summed E-state index contributed by atoms with van der Waals surface area (Å²) in [6.45, 7) is 1.01. The van der Waals surface area contributed by atoms with Gasteiger partial charge in [0.15, 0.2) is 0 Å². The number of aromatic nitrogens is 3. The molecule has 0 bridgehead atoms. The highest BCUT2D eigenvalue weighted by atomic mass is 16.2. The van der Waals surface area contributed by atoms with E-state index in [1.807, 2.05) is 18.2 Å². The van der Waals surface area contributed by atoms with Crippen LogP contribution in [0.4, 0.5) is 5.69 Å². The Labute approximate surface area is 144 Å². The molecule has 126 valence electrons. The standard InChI is InChI=1S/C18H17N5O2/c24-17(21-15-1-2-16-14(9-15)10-20-22-16)13-5-8-23(11-13)18(25)12-3-6-19-7-4-12/h1-4,6-7,9-10,13H,5,8,11H2,(H,20,22)(H,21,24). The van der Waals surface area contributed by atoms with Crippen molar-refractivity contribution in [3.05, 3.63) is 54.5 Å². The third-order valence-electron chi connectivity index (χ3n) is 4.48. The largest absolute Gasteiger partial charge is 0.338 e. The summed E-state index contributed by atoms with van der Waals surface area (Å²) in [4.78, 5) is 30.6. The van der Waals surface area contributed by atoms with Crippen molar-refractivity contribution in [1.29, 1.82) is 0 Å². The molecule has 1 unspecified atom stereocenters. The fraction of sp³-hybridized carbons (Fsp3) is 0.222. The first-order valence-electron chi connectivity index (χ1n) is 8.14. The van der Waals surface area contributed by atoms with E-state index in [1.165, 1.54) is 0 Å². The third kappa shape index (κ3) is 3.08. The molecule has 1 fully saturated rings. The molecule has 7 nitrogen and oxygen atoms in total. The molecule has 0 spiro atoms. The fourth-order valence-electron chi connectivity index (χ4n) is 3.10. The monoisotopic (exact) mass is 335 g/mol. The van der Waals surface area contributed by atoms with Gasteiger partial charge in [0.05, 0.1) is 17.6 Å². The van der Waals surface area contributed by atoms with E-state index in [0.717, 1.165) is 16.6 Å². The van der Waals surface area contributed by atoms with Crippen LogP contribution < -0.4 is 5.32 Å². The average Bonchev–Trinajstić information content (AvgIpc) is 3.31. The first-order valence-corrected chi connectivity index (χ1v) is 8.14. The van der Waals surface area contributed by atoms with Crippen LogP contribution in [-0.4, -0.2) is 45.0 Å². The molecule has 7 heteroatoms. The lowest BCUT2D eigenvalue weighted by Crippen LogP contribution is -2.31. The van der Waals surface area contributed by atoms with Gasteiger partial charge in [0.2, 0.25) is 5.91 Å². The number of fused-ring (bicyclic) bond motifs is 1. The van der Waals surface area contributed by atoms with E-state index in [9.17, 15) is 9.59 Å². The van der Waals surface area contributed by atoms with Crippen molar-refractivity contribution in [2.75, 3.05) is 18.4 Å². The smallest absolute Gasteiger partial charge is 0.253 e. The zero-order valence-electron chi connectivity index (χ0n) is 13.5. The highest BCUT2D eigenvalue weighted by Crippen LogP contribution is 2.22. The predicted molar refractivity (Wildman–Crippen MR) is 93.0 cm³/mol. The van der Waals surface area contributed by atoms with Crippen LogP contribution in [-0.2, 0) is 4.79 Å². The van der Waals surface area contributed by atoms with Crippen molar-refractivity contribution in [2.24, 2.45) is 5.92 Å². The van der Waals surface area contributed by atoms with E-state index in [0.29, 0.717) is 25.1 Å². The number of pyridine rings is 1. The summed E-state index contributed by atoms with van der Waals surface area (Å²) in [7, 11) is 0. The molecule has 3 heterocycles. The van der Waals surface area contributed by atoms with Gasteiger partial charge in [-0.25, -0.2) is 0 Å². The highest BCUT2D eigenvalue weighted by molar-refractivity contribution is 5.97. The molecule has 0 aliphatic carbocycles. The number of benzene rings is 1. The van der Waals surface area contributed by atoms with Gasteiger partial charge in [0.1, 0.15) is 0 Å². The van der Waals surface area contributed by atoms with Crippen LogP contribution >= 0.6 is 0 Å². The summed E-state index contributed by atoms with van der Waals surface area (Å²) >= 11 is 0. The van der Waals surface area contributed by atoms with Gasteiger partial charge in [-0.05, 0) is 36.8 Å². The Hall–Kier alpha value is -3.22. The van der Waals surface area contributed by atoms with Crippen LogP contribution in [0.3, 0.4) is 0 Å². The lowest BCUT2D eigenvalue weighted by molar-refractivity contribution is -0.119. The van der Waals surface area contributed by atoms with Crippen molar-refractivity contribution in [3.63, 3.8) is 0 Å². The van der Waals surface area contributed by atoms with E-state index in [4.69, 9.17) is 0 Å². The normalized spacial score (nSPS) is 17.0. The van der Waals surface area contributed by atoms with Crippen molar-refractivity contribution in [1.82, 2.24) is 20.1 Å². The number of likely N-dealkylation sites (tertiary alicyclic amines) is 1. The summed E-state index contributed by atoms with van der Waals surface area (Å²) in [6.07, 6.45) is 5.57. The molecule has 1 aliphatic heterocycles. The van der Waals surface area contributed by atoms with Crippen LogP contribution in [0.1, 0.15) is 16.8 Å². The molecular weight excluding hydrogens is 318 g/mol. The Balaban J connectivity index is 1.41. The van der Waals surface area contributed by atoms with Gasteiger partial charge in [-0.1, -0.05) is 0 Å². The van der Waals surface area contributed by atoms with E-state index >= 15 is 0 Å². The van der Waals surface area contributed by atoms with Crippen LogP contribution in [0.5, 0.6) is 0 Å². The second kappa shape index (κ2) is 6.35. The number of anilines is 1. The molecule has 3 aromatic rings. The van der Waals surface area contributed by atoms with Gasteiger partial charge in [0, 0.05) is 42.1 Å². The Kier molecular flexibility index (Phi) is 3.89. The predicted octanol–water partition coefficient (Wildman–Crippen LogP) is 2.06. The lowest BCUT2D eigenvalue weighted by atomic mass is 10.1. The average molecular weight is 335 g/mol. The molecule has 0 radical (unpaired) electrons. The summed E-state index contributed by atoms with van der Waals surface area (Å²) in [5.74, 6) is -0.323. The van der Waals surface area contributed by atoms with Crippen molar-refractivity contribution in [3.8, 4) is 0 Å². The molecule has 1 saturated heterocycles. The molecule has 1 atom stereocenters. The van der Waals surface area contributed by atoms with Gasteiger partial charge >= 0.3 is 0 Å². The molecule has 25 heavy (non-hydrogen) atoms. The number of carbonyl (C=O) groups is 2. The second-order valence-electron chi connectivity index (χ2n) is 6.13. The summed E-state index contributed by atoms with van der Waals surface area (Å²) < 4.78 is 0. The van der Waals surface area contributed by atoms with Crippen molar-refractivity contribution >= 4 is 28.4 Å². The van der Waals surface area contributed by atoms with E-state index in [-0.39, 0.29) is 17.7 Å². The number of nitrogens with zero attached hydrogens (tertiary/aromatic N) is 3. The number of aromatic amines is 1. The summed E-state index contributed by atoms with van der Waals surface area (Å²) in [5.41, 5.74) is 2.26. The second-order valence-corrected chi connectivity index (χ2v) is 6.13. The molecule has 1 aromatic carbocycles. The third-order valence-corrected chi connectivity index (χ3v) is 4.48. The molecule has 1 aliphatic rings. The minimum atomic E-state index is -0.203. The first-order chi connectivity index (χ1) is 12.2. The van der Waals surface area contributed by atoms with Crippen LogP contribution in [0, 0.1) is 5.92 Å². The Morgan fingerprint density at radius 2 is 2.04 bits per heavy atom. The van der Waals surface area contributed by atoms with E-state index < -0.39 is 0 Å². The maximum absolute atomic E-state index is 12.5. The molecule has 2 amide bonds. The maximum atomic E-state index is 12.5. The highest BCUT2D eigenvalue weighted by Gasteiger charge is 2.31. The Morgan fingerprint density at radius 1 is 1.20 bits per heavy atom. The van der Waals surface area contributed by atoms with Crippen LogP contribution in [0.2, 0.25) is 0 Å². The SMILES string of the molecule is O=C(Nc1ccc2[nH]ncc2c1)C1CCN(C(=O)c2ccncc2)C1. The maximum Gasteiger partial charge on any atom is 0.253 e. The minimum Gasteiger partial charge on any atom is -0.338 e. The first kappa shape index (κ1) is 15.3. The van der Waals surface area contributed by atoms with E-state index in [2.05, 4.69) is 20.5 Å². The summed E-state index contributed by atoms with van der Waals surface area (Å²) in [5, 5.41) is 10.7. The number of nitrogens with one attached hydrogen (secondary N) is 2. The fourth-order valence-corrected chi connectivity index (χ4v) is 3.10. The zero-order chi connectivity index (χ0) is 17.2. The molecule has 2 aromatic heterocycles. The van der Waals surface area contributed by atoms with E-state index in [1.54, 1.807) is 35.6 Å².